The Morgan fingerprint density at radius 3 is 2.56 bits per heavy atom. The number of hydrogen-bond donors (Lipinski definition) is 2. The number of anilines is 1. The van der Waals surface area contributed by atoms with Crippen molar-refractivity contribution < 1.29 is 18.0 Å². The van der Waals surface area contributed by atoms with Gasteiger partial charge >= 0.3 is 6.18 Å². The topological polar surface area (TPSA) is 54.0 Å². The first-order valence-electron chi connectivity index (χ1n) is 4.97. The van der Waals surface area contributed by atoms with Crippen LogP contribution in [0.3, 0.4) is 0 Å². The normalized spacial score (nSPS) is 13.0. The Labute approximate surface area is 107 Å². The summed E-state index contributed by atoms with van der Waals surface area (Å²) in [6.07, 6.45) is -4.51. The number of amides is 1. The van der Waals surface area contributed by atoms with Crippen LogP contribution < -0.4 is 10.6 Å². The van der Waals surface area contributed by atoms with Gasteiger partial charge < -0.3 is 10.6 Å². The average molecular weight is 282 g/mol. The molecule has 1 atom stereocenters. The van der Waals surface area contributed by atoms with E-state index in [0.717, 1.165) is 12.1 Å². The summed E-state index contributed by atoms with van der Waals surface area (Å²) in [5, 5.41) is 4.60. The van der Waals surface area contributed by atoms with Gasteiger partial charge in [0.15, 0.2) is 0 Å². The van der Waals surface area contributed by atoms with Gasteiger partial charge in [-0.05, 0) is 19.1 Å². The van der Waals surface area contributed by atoms with E-state index in [-0.39, 0.29) is 16.9 Å². The summed E-state index contributed by atoms with van der Waals surface area (Å²) in [5.74, 6) is -0.476. The maximum absolute atomic E-state index is 12.5. The molecule has 1 unspecified atom stereocenters. The van der Waals surface area contributed by atoms with Crippen molar-refractivity contribution >= 4 is 23.3 Å². The highest BCUT2D eigenvalue weighted by atomic mass is 35.5. The second kappa shape index (κ2) is 5.43. The molecule has 0 spiro atoms. The highest BCUT2D eigenvalue weighted by Gasteiger charge is 2.31. The molecule has 0 fully saturated rings. The Hall–Kier alpha value is -1.50. The van der Waals surface area contributed by atoms with Crippen molar-refractivity contribution in [2.24, 2.45) is 0 Å². The van der Waals surface area contributed by atoms with Crippen LogP contribution in [0.1, 0.15) is 12.5 Å². The van der Waals surface area contributed by atoms with Crippen molar-refractivity contribution in [1.29, 1.82) is 0 Å². The minimum Gasteiger partial charge on any atom is -0.359 e. The van der Waals surface area contributed by atoms with E-state index in [2.05, 4.69) is 15.6 Å². The molecule has 1 heterocycles. The lowest BCUT2D eigenvalue weighted by Crippen LogP contribution is -2.35. The SMILES string of the molecule is CNC(=O)C(C)Nc1cc(C(F)(F)F)cc(Cl)n1. The van der Waals surface area contributed by atoms with E-state index in [4.69, 9.17) is 11.6 Å². The Bertz CT molecular complexity index is 450. The van der Waals surface area contributed by atoms with Gasteiger partial charge in [0.25, 0.3) is 0 Å². The maximum Gasteiger partial charge on any atom is 0.416 e. The molecule has 1 aromatic heterocycles. The zero-order chi connectivity index (χ0) is 13.9. The van der Waals surface area contributed by atoms with Crippen molar-refractivity contribution in [2.45, 2.75) is 19.1 Å². The molecule has 4 nitrogen and oxygen atoms in total. The van der Waals surface area contributed by atoms with Crippen LogP contribution in [0, 0.1) is 0 Å². The molecule has 1 amide bonds. The van der Waals surface area contributed by atoms with Crippen molar-refractivity contribution in [1.82, 2.24) is 10.3 Å². The van der Waals surface area contributed by atoms with Gasteiger partial charge in [0.2, 0.25) is 5.91 Å². The minimum atomic E-state index is -4.51. The molecule has 1 aromatic rings. The lowest BCUT2D eigenvalue weighted by atomic mass is 10.2. The molecule has 0 saturated heterocycles. The van der Waals surface area contributed by atoms with E-state index in [0.29, 0.717) is 0 Å². The van der Waals surface area contributed by atoms with Crippen molar-refractivity contribution in [3.05, 3.63) is 22.8 Å². The summed E-state index contributed by atoms with van der Waals surface area (Å²) >= 11 is 5.50. The van der Waals surface area contributed by atoms with Crippen LogP contribution in [0.4, 0.5) is 19.0 Å². The number of aromatic nitrogens is 1. The van der Waals surface area contributed by atoms with Crippen LogP contribution in [0.2, 0.25) is 5.15 Å². The summed E-state index contributed by atoms with van der Waals surface area (Å²) in [6.45, 7) is 1.49. The summed E-state index contributed by atoms with van der Waals surface area (Å²) in [7, 11) is 1.42. The smallest absolute Gasteiger partial charge is 0.359 e. The van der Waals surface area contributed by atoms with Crippen LogP contribution in [-0.4, -0.2) is 24.0 Å². The molecule has 8 heteroatoms. The van der Waals surface area contributed by atoms with Gasteiger partial charge in [-0.1, -0.05) is 11.6 Å². The largest absolute Gasteiger partial charge is 0.416 e. The number of carbonyl (C=O) groups is 1. The van der Waals surface area contributed by atoms with E-state index in [1.165, 1.54) is 14.0 Å². The van der Waals surface area contributed by atoms with Gasteiger partial charge in [-0.2, -0.15) is 13.2 Å². The second-order valence-electron chi connectivity index (χ2n) is 3.54. The molecule has 0 aliphatic rings. The van der Waals surface area contributed by atoms with Crippen molar-refractivity contribution in [3.8, 4) is 0 Å². The van der Waals surface area contributed by atoms with Gasteiger partial charge in [-0.15, -0.1) is 0 Å². The zero-order valence-corrected chi connectivity index (χ0v) is 10.4. The maximum atomic E-state index is 12.5. The van der Waals surface area contributed by atoms with Crippen LogP contribution in [0.15, 0.2) is 12.1 Å². The molecule has 0 radical (unpaired) electrons. The van der Waals surface area contributed by atoms with Gasteiger partial charge in [0.05, 0.1) is 5.56 Å². The van der Waals surface area contributed by atoms with Crippen molar-refractivity contribution in [3.63, 3.8) is 0 Å². The third kappa shape index (κ3) is 3.76. The monoisotopic (exact) mass is 281 g/mol. The van der Waals surface area contributed by atoms with Gasteiger partial charge in [-0.3, -0.25) is 4.79 Å². The standard InChI is InChI=1S/C10H11ClF3N3O/c1-5(9(18)15-2)16-8-4-6(10(12,13)14)3-7(11)17-8/h3-5H,1-2H3,(H,15,18)(H,16,17). The van der Waals surface area contributed by atoms with E-state index in [9.17, 15) is 18.0 Å². The Morgan fingerprint density at radius 2 is 2.06 bits per heavy atom. The molecular weight excluding hydrogens is 271 g/mol. The lowest BCUT2D eigenvalue weighted by molar-refractivity contribution is -0.137. The number of halogens is 4. The molecular formula is C10H11ClF3N3O. The number of carbonyl (C=O) groups excluding carboxylic acids is 1. The molecule has 1 rings (SSSR count). The minimum absolute atomic E-state index is 0.106. The lowest BCUT2D eigenvalue weighted by Gasteiger charge is -2.14. The third-order valence-corrected chi connectivity index (χ3v) is 2.32. The predicted octanol–water partition coefficient (Wildman–Crippen LogP) is 2.30. The Morgan fingerprint density at radius 1 is 1.44 bits per heavy atom. The molecule has 18 heavy (non-hydrogen) atoms. The number of nitrogens with zero attached hydrogens (tertiary/aromatic N) is 1. The summed E-state index contributed by atoms with van der Waals surface area (Å²) in [5.41, 5.74) is -0.922. The Kier molecular flexibility index (Phi) is 4.39. The summed E-state index contributed by atoms with van der Waals surface area (Å²) < 4.78 is 37.5. The molecule has 0 bridgehead atoms. The highest BCUT2D eigenvalue weighted by molar-refractivity contribution is 6.29. The van der Waals surface area contributed by atoms with Crippen LogP contribution >= 0.6 is 11.6 Å². The number of rotatable bonds is 3. The molecule has 0 saturated carbocycles. The third-order valence-electron chi connectivity index (χ3n) is 2.13. The van der Waals surface area contributed by atoms with Crippen LogP contribution in [0.5, 0.6) is 0 Å². The summed E-state index contributed by atoms with van der Waals surface area (Å²) in [4.78, 5) is 14.9. The van der Waals surface area contributed by atoms with E-state index in [1.54, 1.807) is 0 Å². The highest BCUT2D eigenvalue weighted by Crippen LogP contribution is 2.31. The molecule has 100 valence electrons. The number of pyridine rings is 1. The summed E-state index contributed by atoms with van der Waals surface area (Å²) in [6, 6.07) is 0.796. The fourth-order valence-corrected chi connectivity index (χ4v) is 1.45. The number of alkyl halides is 3. The average Bonchev–Trinajstić information content (AvgIpc) is 2.25. The molecule has 0 aliphatic heterocycles. The van der Waals surface area contributed by atoms with Crippen molar-refractivity contribution in [2.75, 3.05) is 12.4 Å². The number of likely N-dealkylation sites (N-methyl/N-ethyl adjacent to an activating group) is 1. The van der Waals surface area contributed by atoms with E-state index < -0.39 is 17.8 Å². The Balaban J connectivity index is 2.97. The molecule has 0 aromatic carbocycles. The first-order valence-corrected chi connectivity index (χ1v) is 5.34. The fraction of sp³-hybridized carbons (Fsp3) is 0.400. The fourth-order valence-electron chi connectivity index (χ4n) is 1.24. The first-order chi connectivity index (χ1) is 8.24. The number of hydrogen-bond acceptors (Lipinski definition) is 3. The van der Waals surface area contributed by atoms with Gasteiger partial charge in [0, 0.05) is 7.05 Å². The van der Waals surface area contributed by atoms with Crippen LogP contribution in [0.25, 0.3) is 0 Å². The molecule has 2 N–H and O–H groups in total. The van der Waals surface area contributed by atoms with E-state index in [1.807, 2.05) is 0 Å². The quantitative estimate of drug-likeness (QED) is 0.836. The molecule has 0 aliphatic carbocycles. The number of nitrogens with one attached hydrogen (secondary N) is 2. The first kappa shape index (κ1) is 14.6. The van der Waals surface area contributed by atoms with Crippen LogP contribution in [-0.2, 0) is 11.0 Å². The zero-order valence-electron chi connectivity index (χ0n) is 9.60. The van der Waals surface area contributed by atoms with Gasteiger partial charge in [0.1, 0.15) is 17.0 Å². The predicted molar refractivity (Wildman–Crippen MR) is 61.4 cm³/mol. The van der Waals surface area contributed by atoms with Gasteiger partial charge in [-0.25, -0.2) is 4.98 Å². The van der Waals surface area contributed by atoms with E-state index >= 15 is 0 Å². The second-order valence-corrected chi connectivity index (χ2v) is 3.93.